The fraction of sp³-hybridized carbons (Fsp3) is 0.0714. The third kappa shape index (κ3) is 2.39. The Morgan fingerprint density at radius 2 is 1.84 bits per heavy atom. The summed E-state index contributed by atoms with van der Waals surface area (Å²) in [6, 6.07) is 12.8. The average Bonchev–Trinajstić information content (AvgIpc) is 2.65. The zero-order chi connectivity index (χ0) is 13.4. The standard InChI is InChI=1S/C14H10Cl2N2O/c15-10-3-1-2-9(6-10)8-18-13-5-4-11(16)7-12(13)17-14(18)19/h1-7H,8H2,(H,17,19). The van der Waals surface area contributed by atoms with E-state index < -0.39 is 0 Å². The maximum atomic E-state index is 12.0. The molecule has 0 aliphatic rings. The first-order chi connectivity index (χ1) is 9.13. The van der Waals surface area contributed by atoms with E-state index in [9.17, 15) is 4.79 Å². The molecule has 5 heteroatoms. The summed E-state index contributed by atoms with van der Waals surface area (Å²) in [5, 5.41) is 1.26. The van der Waals surface area contributed by atoms with Crippen molar-refractivity contribution >= 4 is 34.2 Å². The highest BCUT2D eigenvalue weighted by atomic mass is 35.5. The monoisotopic (exact) mass is 292 g/mol. The summed E-state index contributed by atoms with van der Waals surface area (Å²) in [6.07, 6.45) is 0. The Labute approximate surface area is 119 Å². The highest BCUT2D eigenvalue weighted by Gasteiger charge is 2.07. The van der Waals surface area contributed by atoms with Gasteiger partial charge >= 0.3 is 5.69 Å². The Morgan fingerprint density at radius 3 is 2.63 bits per heavy atom. The van der Waals surface area contributed by atoms with Crippen LogP contribution in [0.3, 0.4) is 0 Å². The Balaban J connectivity index is 2.10. The molecular weight excluding hydrogens is 283 g/mol. The number of halogens is 2. The lowest BCUT2D eigenvalue weighted by Gasteiger charge is -2.04. The molecule has 3 rings (SSSR count). The minimum Gasteiger partial charge on any atom is -0.305 e. The fourth-order valence-electron chi connectivity index (χ4n) is 2.11. The van der Waals surface area contributed by atoms with Gasteiger partial charge < -0.3 is 4.98 Å². The first-order valence-electron chi connectivity index (χ1n) is 5.76. The van der Waals surface area contributed by atoms with Crippen molar-refractivity contribution in [3.05, 3.63) is 68.6 Å². The van der Waals surface area contributed by atoms with Gasteiger partial charge in [0.15, 0.2) is 0 Å². The van der Waals surface area contributed by atoms with E-state index in [-0.39, 0.29) is 5.69 Å². The van der Waals surface area contributed by atoms with Gasteiger partial charge in [0.1, 0.15) is 0 Å². The third-order valence-corrected chi connectivity index (χ3v) is 3.44. The van der Waals surface area contributed by atoms with Gasteiger partial charge in [-0.05, 0) is 35.9 Å². The number of rotatable bonds is 2. The van der Waals surface area contributed by atoms with Crippen molar-refractivity contribution in [2.75, 3.05) is 0 Å². The van der Waals surface area contributed by atoms with Crippen LogP contribution in [-0.4, -0.2) is 9.55 Å². The van der Waals surface area contributed by atoms with E-state index in [1.807, 2.05) is 30.3 Å². The highest BCUT2D eigenvalue weighted by molar-refractivity contribution is 6.31. The van der Waals surface area contributed by atoms with Crippen LogP contribution in [0.2, 0.25) is 10.0 Å². The number of nitrogens with zero attached hydrogens (tertiary/aromatic N) is 1. The number of imidazole rings is 1. The molecule has 0 aliphatic carbocycles. The SMILES string of the molecule is O=c1[nH]c2cc(Cl)ccc2n1Cc1cccc(Cl)c1. The first kappa shape index (κ1) is 12.3. The summed E-state index contributed by atoms with van der Waals surface area (Å²) in [7, 11) is 0. The zero-order valence-electron chi connectivity index (χ0n) is 9.86. The van der Waals surface area contributed by atoms with Crippen molar-refractivity contribution in [3.8, 4) is 0 Å². The minimum absolute atomic E-state index is 0.155. The van der Waals surface area contributed by atoms with Gasteiger partial charge in [-0.2, -0.15) is 0 Å². The predicted molar refractivity (Wildman–Crippen MR) is 78.1 cm³/mol. The first-order valence-corrected chi connectivity index (χ1v) is 6.51. The van der Waals surface area contributed by atoms with Crippen molar-refractivity contribution in [2.45, 2.75) is 6.54 Å². The van der Waals surface area contributed by atoms with Gasteiger partial charge in [0.05, 0.1) is 17.6 Å². The molecule has 1 heterocycles. The molecule has 0 bridgehead atoms. The maximum Gasteiger partial charge on any atom is 0.326 e. The van der Waals surface area contributed by atoms with Crippen molar-refractivity contribution < 1.29 is 0 Å². The second-order valence-electron chi connectivity index (χ2n) is 4.31. The van der Waals surface area contributed by atoms with Crippen LogP contribution in [0.5, 0.6) is 0 Å². The number of aromatic nitrogens is 2. The highest BCUT2D eigenvalue weighted by Crippen LogP contribution is 2.18. The lowest BCUT2D eigenvalue weighted by Crippen LogP contribution is -2.17. The van der Waals surface area contributed by atoms with Crippen molar-refractivity contribution in [3.63, 3.8) is 0 Å². The topological polar surface area (TPSA) is 37.8 Å². The largest absolute Gasteiger partial charge is 0.326 e. The number of nitrogens with one attached hydrogen (secondary N) is 1. The molecule has 0 fully saturated rings. The minimum atomic E-state index is -0.155. The molecular formula is C14H10Cl2N2O. The van der Waals surface area contributed by atoms with Crippen LogP contribution >= 0.6 is 23.2 Å². The number of hydrogen-bond donors (Lipinski definition) is 1. The number of aromatic amines is 1. The molecule has 0 amide bonds. The second-order valence-corrected chi connectivity index (χ2v) is 5.18. The molecule has 0 spiro atoms. The van der Waals surface area contributed by atoms with E-state index in [1.54, 1.807) is 16.7 Å². The third-order valence-electron chi connectivity index (χ3n) is 2.97. The molecule has 2 aromatic carbocycles. The zero-order valence-corrected chi connectivity index (χ0v) is 11.4. The Hall–Kier alpha value is -1.71. The van der Waals surface area contributed by atoms with Crippen molar-refractivity contribution in [1.82, 2.24) is 9.55 Å². The Kier molecular flexibility index (Phi) is 3.09. The Bertz CT molecular complexity index is 805. The molecule has 1 N–H and O–H groups in total. The summed E-state index contributed by atoms with van der Waals surface area (Å²) in [5.74, 6) is 0. The average molecular weight is 293 g/mol. The predicted octanol–water partition coefficient (Wildman–Crippen LogP) is 3.68. The van der Waals surface area contributed by atoms with E-state index in [4.69, 9.17) is 23.2 Å². The van der Waals surface area contributed by atoms with Gasteiger partial charge in [-0.25, -0.2) is 4.79 Å². The lowest BCUT2D eigenvalue weighted by atomic mass is 10.2. The molecule has 19 heavy (non-hydrogen) atoms. The van der Waals surface area contributed by atoms with Crippen molar-refractivity contribution in [1.29, 1.82) is 0 Å². The van der Waals surface area contributed by atoms with Crippen LogP contribution in [0, 0.1) is 0 Å². The van der Waals surface area contributed by atoms with Gasteiger partial charge in [0, 0.05) is 10.0 Å². The number of H-pyrrole nitrogens is 1. The van der Waals surface area contributed by atoms with Crippen LogP contribution in [0.15, 0.2) is 47.3 Å². The summed E-state index contributed by atoms with van der Waals surface area (Å²) in [6.45, 7) is 0.473. The van der Waals surface area contributed by atoms with Crippen LogP contribution in [0.4, 0.5) is 0 Å². The molecule has 0 saturated heterocycles. The van der Waals surface area contributed by atoms with Gasteiger partial charge in [-0.15, -0.1) is 0 Å². The fourth-order valence-corrected chi connectivity index (χ4v) is 2.50. The van der Waals surface area contributed by atoms with Gasteiger partial charge in [0.2, 0.25) is 0 Å². The molecule has 0 saturated carbocycles. The second kappa shape index (κ2) is 4.76. The molecule has 0 aliphatic heterocycles. The Morgan fingerprint density at radius 1 is 1.05 bits per heavy atom. The van der Waals surface area contributed by atoms with Crippen LogP contribution in [0.1, 0.15) is 5.56 Å². The molecule has 3 aromatic rings. The molecule has 96 valence electrons. The number of benzene rings is 2. The van der Waals surface area contributed by atoms with E-state index in [1.165, 1.54) is 0 Å². The number of hydrogen-bond acceptors (Lipinski definition) is 1. The van der Waals surface area contributed by atoms with Gasteiger partial charge in [-0.3, -0.25) is 4.57 Å². The van der Waals surface area contributed by atoms with Crippen LogP contribution in [0.25, 0.3) is 11.0 Å². The molecule has 0 unspecified atom stereocenters. The summed E-state index contributed by atoms with van der Waals surface area (Å²) in [4.78, 5) is 14.8. The van der Waals surface area contributed by atoms with Gasteiger partial charge in [0.25, 0.3) is 0 Å². The van der Waals surface area contributed by atoms with Crippen molar-refractivity contribution in [2.24, 2.45) is 0 Å². The molecule has 1 aromatic heterocycles. The quantitative estimate of drug-likeness (QED) is 0.769. The maximum absolute atomic E-state index is 12.0. The van der Waals surface area contributed by atoms with Crippen LogP contribution in [-0.2, 0) is 6.54 Å². The summed E-state index contributed by atoms with van der Waals surface area (Å²) < 4.78 is 1.66. The molecule has 0 radical (unpaired) electrons. The molecule has 0 atom stereocenters. The summed E-state index contributed by atoms with van der Waals surface area (Å²) in [5.41, 5.74) is 2.39. The normalized spacial score (nSPS) is 11.1. The van der Waals surface area contributed by atoms with Crippen LogP contribution < -0.4 is 5.69 Å². The number of fused-ring (bicyclic) bond motifs is 1. The van der Waals surface area contributed by atoms with Gasteiger partial charge in [-0.1, -0.05) is 35.3 Å². The summed E-state index contributed by atoms with van der Waals surface area (Å²) >= 11 is 11.9. The van der Waals surface area contributed by atoms with E-state index in [0.29, 0.717) is 16.6 Å². The smallest absolute Gasteiger partial charge is 0.305 e. The van der Waals surface area contributed by atoms with E-state index in [0.717, 1.165) is 16.6 Å². The molecule has 3 nitrogen and oxygen atoms in total. The lowest BCUT2D eigenvalue weighted by molar-refractivity contribution is 0.787. The van der Waals surface area contributed by atoms with E-state index >= 15 is 0 Å². The van der Waals surface area contributed by atoms with E-state index in [2.05, 4.69) is 4.98 Å².